The third-order valence-electron chi connectivity index (χ3n) is 8.90. The molecule has 3 saturated carbocycles. The molecule has 4 aliphatic rings. The molecule has 0 atom stereocenters. The highest BCUT2D eigenvalue weighted by molar-refractivity contribution is 5.74. The third-order valence-corrected chi connectivity index (χ3v) is 8.90. The van der Waals surface area contributed by atoms with Gasteiger partial charge in [0.05, 0.1) is 13.2 Å². The second-order valence-corrected chi connectivity index (χ2v) is 11.7. The van der Waals surface area contributed by atoms with Crippen molar-refractivity contribution in [1.82, 2.24) is 30.8 Å². The van der Waals surface area contributed by atoms with Crippen LogP contribution in [0.5, 0.6) is 0 Å². The maximum Gasteiger partial charge on any atom is 0.315 e. The van der Waals surface area contributed by atoms with Crippen molar-refractivity contribution in [2.45, 2.75) is 101 Å². The van der Waals surface area contributed by atoms with Crippen LogP contribution in [0, 0.1) is 5.41 Å². The van der Waals surface area contributed by atoms with E-state index in [0.717, 1.165) is 76.2 Å². The fraction of sp³-hybridized carbons (Fsp3) is 0.704. The van der Waals surface area contributed by atoms with E-state index in [9.17, 15) is 4.79 Å². The van der Waals surface area contributed by atoms with E-state index in [0.29, 0.717) is 23.3 Å². The van der Waals surface area contributed by atoms with Crippen LogP contribution >= 0.6 is 0 Å². The average molecular weight is 509 g/mol. The number of urea groups is 1. The lowest BCUT2D eigenvalue weighted by Gasteiger charge is -2.46. The quantitative estimate of drug-likeness (QED) is 0.370. The van der Waals surface area contributed by atoms with Gasteiger partial charge >= 0.3 is 6.03 Å². The van der Waals surface area contributed by atoms with Crippen LogP contribution in [-0.4, -0.2) is 57.5 Å². The molecule has 10 nitrogen and oxygen atoms in total. The first-order chi connectivity index (χ1) is 18.1. The summed E-state index contributed by atoms with van der Waals surface area (Å²) in [5, 5.41) is 20.8. The number of aromatic amines is 1. The van der Waals surface area contributed by atoms with Gasteiger partial charge in [0.1, 0.15) is 5.82 Å². The number of aromatic nitrogens is 4. The maximum absolute atomic E-state index is 12.6. The van der Waals surface area contributed by atoms with Crippen LogP contribution in [-0.2, 0) is 4.74 Å². The fourth-order valence-corrected chi connectivity index (χ4v) is 6.51. The molecule has 0 unspecified atom stereocenters. The molecule has 2 aromatic heterocycles. The van der Waals surface area contributed by atoms with Crippen molar-refractivity contribution in [3.05, 3.63) is 24.0 Å². The second-order valence-electron chi connectivity index (χ2n) is 11.7. The minimum absolute atomic E-state index is 0.0150. The molecule has 1 spiro atoms. The van der Waals surface area contributed by atoms with E-state index in [1.54, 1.807) is 6.20 Å². The van der Waals surface area contributed by atoms with Gasteiger partial charge in [0.25, 0.3) is 0 Å². The van der Waals surface area contributed by atoms with Crippen LogP contribution in [0.4, 0.5) is 22.4 Å². The number of anilines is 3. The van der Waals surface area contributed by atoms with Crippen molar-refractivity contribution >= 4 is 23.6 Å². The van der Waals surface area contributed by atoms with Crippen LogP contribution in [0.25, 0.3) is 0 Å². The number of hydrogen-bond donors (Lipinski definition) is 5. The largest absolute Gasteiger partial charge is 0.380 e. The Bertz CT molecular complexity index is 1050. The Hall–Kier alpha value is -2.88. The van der Waals surface area contributed by atoms with Crippen LogP contribution < -0.4 is 21.3 Å². The van der Waals surface area contributed by atoms with Gasteiger partial charge in [0.2, 0.25) is 5.95 Å². The summed E-state index contributed by atoms with van der Waals surface area (Å²) in [5.41, 5.74) is 1.62. The zero-order valence-electron chi connectivity index (χ0n) is 21.6. The molecule has 200 valence electrons. The molecule has 0 bridgehead atoms. The van der Waals surface area contributed by atoms with E-state index in [4.69, 9.17) is 4.74 Å². The molecule has 3 aliphatic carbocycles. The van der Waals surface area contributed by atoms with Crippen LogP contribution in [0.15, 0.2) is 18.3 Å². The van der Waals surface area contributed by atoms with Crippen LogP contribution in [0.1, 0.15) is 88.7 Å². The predicted octanol–water partition coefficient (Wildman–Crippen LogP) is 4.58. The van der Waals surface area contributed by atoms with Gasteiger partial charge in [-0.05, 0) is 70.3 Å². The summed E-state index contributed by atoms with van der Waals surface area (Å²) in [6.45, 7) is 1.81. The molecule has 6 rings (SSSR count). The monoisotopic (exact) mass is 508 g/mol. The molecule has 0 aromatic carbocycles. The Kier molecular flexibility index (Phi) is 7.17. The molecule has 10 heteroatoms. The molecule has 0 radical (unpaired) electrons. The Labute approximate surface area is 218 Å². The molecule has 1 saturated heterocycles. The first kappa shape index (κ1) is 24.5. The molecule has 4 fully saturated rings. The van der Waals surface area contributed by atoms with E-state index in [2.05, 4.69) is 47.5 Å². The lowest BCUT2D eigenvalue weighted by atomic mass is 9.71. The highest BCUT2D eigenvalue weighted by Gasteiger charge is 2.41. The normalized spacial score (nSPS) is 25.9. The minimum Gasteiger partial charge on any atom is -0.380 e. The number of hydrogen-bond acceptors (Lipinski definition) is 7. The van der Waals surface area contributed by atoms with E-state index in [-0.39, 0.29) is 18.1 Å². The number of rotatable bonds is 7. The Balaban J connectivity index is 0.925. The molecule has 2 aromatic rings. The first-order valence-corrected chi connectivity index (χ1v) is 14.2. The smallest absolute Gasteiger partial charge is 0.315 e. The lowest BCUT2D eigenvalue weighted by molar-refractivity contribution is -0.133. The minimum atomic E-state index is -0.0150. The molecule has 5 N–H and O–H groups in total. The van der Waals surface area contributed by atoms with Gasteiger partial charge in [-0.3, -0.25) is 5.10 Å². The van der Waals surface area contributed by atoms with Gasteiger partial charge in [-0.15, -0.1) is 0 Å². The lowest BCUT2D eigenvalue weighted by Crippen LogP contribution is -2.52. The summed E-state index contributed by atoms with van der Waals surface area (Å²) in [6, 6.07) is 4.76. The van der Waals surface area contributed by atoms with E-state index in [1.807, 2.05) is 6.07 Å². The second kappa shape index (κ2) is 10.8. The number of nitrogens with zero attached hydrogens (tertiary/aromatic N) is 3. The number of H-pyrrole nitrogens is 1. The predicted molar refractivity (Wildman–Crippen MR) is 142 cm³/mol. The van der Waals surface area contributed by atoms with Gasteiger partial charge in [0.15, 0.2) is 5.82 Å². The zero-order valence-corrected chi connectivity index (χ0v) is 21.6. The van der Waals surface area contributed by atoms with Crippen molar-refractivity contribution in [3.63, 3.8) is 0 Å². The Morgan fingerprint density at radius 1 is 0.919 bits per heavy atom. The van der Waals surface area contributed by atoms with Gasteiger partial charge in [-0.2, -0.15) is 10.1 Å². The molecule has 37 heavy (non-hydrogen) atoms. The van der Waals surface area contributed by atoms with Gasteiger partial charge < -0.3 is 26.0 Å². The maximum atomic E-state index is 12.6. The van der Waals surface area contributed by atoms with Gasteiger partial charge in [-0.1, -0.05) is 12.8 Å². The van der Waals surface area contributed by atoms with Gasteiger partial charge in [0, 0.05) is 47.4 Å². The fourth-order valence-electron chi connectivity index (χ4n) is 6.51. The summed E-state index contributed by atoms with van der Waals surface area (Å²) in [5.74, 6) is 2.75. The Morgan fingerprint density at radius 3 is 2.32 bits per heavy atom. The number of ether oxygens (including phenoxy) is 1. The van der Waals surface area contributed by atoms with Crippen LogP contribution in [0.3, 0.4) is 0 Å². The van der Waals surface area contributed by atoms with Crippen molar-refractivity contribution in [1.29, 1.82) is 0 Å². The number of amides is 2. The van der Waals surface area contributed by atoms with E-state index in [1.165, 1.54) is 31.4 Å². The molecule has 2 amide bonds. The summed E-state index contributed by atoms with van der Waals surface area (Å²) in [7, 11) is 0. The molecular formula is C27H40N8O2. The van der Waals surface area contributed by atoms with Gasteiger partial charge in [-0.25, -0.2) is 9.78 Å². The topological polar surface area (TPSA) is 129 Å². The van der Waals surface area contributed by atoms with Crippen molar-refractivity contribution in [2.75, 3.05) is 23.8 Å². The van der Waals surface area contributed by atoms with Crippen molar-refractivity contribution < 1.29 is 9.53 Å². The molecule has 1 aliphatic heterocycles. The number of carbonyl (C=O) groups excluding carboxylic acids is 1. The average Bonchev–Trinajstić information content (AvgIpc) is 3.58. The number of carbonyl (C=O) groups is 1. The zero-order chi connectivity index (χ0) is 25.1. The van der Waals surface area contributed by atoms with Crippen molar-refractivity contribution in [2.24, 2.45) is 5.41 Å². The summed E-state index contributed by atoms with van der Waals surface area (Å²) < 4.78 is 5.41. The summed E-state index contributed by atoms with van der Waals surface area (Å²) in [4.78, 5) is 21.6. The van der Waals surface area contributed by atoms with E-state index >= 15 is 0 Å². The molecule has 3 heterocycles. The SMILES string of the molecule is O=C(NC1CCC2(CC1)COC2)N[C@H]1CC[C@H](Nc2nccc(Nc3cc(C4CCCC4)[nH]n3)n2)CC1. The van der Waals surface area contributed by atoms with Crippen LogP contribution in [0.2, 0.25) is 0 Å². The number of nitrogens with one attached hydrogen (secondary N) is 5. The summed E-state index contributed by atoms with van der Waals surface area (Å²) >= 11 is 0. The highest BCUT2D eigenvalue weighted by Crippen LogP contribution is 2.42. The molecular weight excluding hydrogens is 468 g/mol. The van der Waals surface area contributed by atoms with Crippen molar-refractivity contribution in [3.8, 4) is 0 Å². The Morgan fingerprint density at radius 2 is 1.62 bits per heavy atom. The summed E-state index contributed by atoms with van der Waals surface area (Å²) in [6.07, 6.45) is 15.1. The van der Waals surface area contributed by atoms with E-state index < -0.39 is 0 Å². The highest BCUT2D eigenvalue weighted by atomic mass is 16.5. The standard InChI is InChI=1S/C27H40N8O2/c36-26(31-21-9-12-27(13-10-21)16-37-17-27)30-20-7-5-19(6-8-20)29-25-28-14-11-23(33-25)32-24-15-22(34-35-24)18-3-1-2-4-18/h11,14-15,18-21H,1-10,12-13,16-17H2,(H2,30,31,36)(H3,28,29,32,33,34,35)/t19-,20-. The first-order valence-electron chi connectivity index (χ1n) is 14.2. The third kappa shape index (κ3) is 6.00.